The van der Waals surface area contributed by atoms with Crippen LogP contribution in [0.1, 0.15) is 41.9 Å². The molecule has 29 heavy (non-hydrogen) atoms. The molecule has 1 amide bonds. The van der Waals surface area contributed by atoms with Gasteiger partial charge in [-0.25, -0.2) is 4.98 Å². The maximum absolute atomic E-state index is 12.5. The Kier molecular flexibility index (Phi) is 5.75. The van der Waals surface area contributed by atoms with Gasteiger partial charge in [0, 0.05) is 30.5 Å². The second kappa shape index (κ2) is 8.78. The molecule has 1 aliphatic heterocycles. The number of pyridine rings is 1. The van der Waals surface area contributed by atoms with Gasteiger partial charge >= 0.3 is 0 Å². The van der Waals surface area contributed by atoms with Crippen molar-refractivity contribution in [3.63, 3.8) is 0 Å². The summed E-state index contributed by atoms with van der Waals surface area (Å²) in [5.41, 5.74) is 4.47. The largest absolute Gasteiger partial charge is 0.377 e. The summed E-state index contributed by atoms with van der Waals surface area (Å²) in [6.07, 6.45) is 4.20. The third-order valence-electron chi connectivity index (χ3n) is 5.28. The van der Waals surface area contributed by atoms with Crippen LogP contribution in [-0.4, -0.2) is 24.0 Å². The molecule has 0 saturated carbocycles. The zero-order valence-corrected chi connectivity index (χ0v) is 16.6. The molecule has 1 aliphatic rings. The Bertz CT molecular complexity index is 933. The molecule has 0 aliphatic carbocycles. The van der Waals surface area contributed by atoms with Crippen LogP contribution in [-0.2, 0) is 0 Å². The first-order valence-corrected chi connectivity index (χ1v) is 10.1. The number of hydrogen-bond donors (Lipinski definition) is 2. The monoisotopic (exact) mass is 386 g/mol. The third kappa shape index (κ3) is 4.74. The first kappa shape index (κ1) is 19.0. The predicted molar refractivity (Wildman–Crippen MR) is 119 cm³/mol. The van der Waals surface area contributed by atoms with Crippen LogP contribution in [0.5, 0.6) is 0 Å². The van der Waals surface area contributed by atoms with Gasteiger partial charge in [-0.3, -0.25) is 4.79 Å². The van der Waals surface area contributed by atoms with Crippen molar-refractivity contribution in [2.75, 3.05) is 28.6 Å². The van der Waals surface area contributed by atoms with Gasteiger partial charge in [0.25, 0.3) is 5.91 Å². The average Bonchev–Trinajstić information content (AvgIpc) is 3.30. The molecule has 4 rings (SSSR count). The molecule has 1 unspecified atom stereocenters. The highest BCUT2D eigenvalue weighted by Crippen LogP contribution is 2.22. The van der Waals surface area contributed by atoms with Gasteiger partial charge in [0.2, 0.25) is 0 Å². The number of hydrogen-bond acceptors (Lipinski definition) is 4. The Morgan fingerprint density at radius 1 is 0.931 bits per heavy atom. The topological polar surface area (TPSA) is 57.3 Å². The molecule has 1 aromatic heterocycles. The zero-order valence-electron chi connectivity index (χ0n) is 16.6. The molecule has 5 heteroatoms. The van der Waals surface area contributed by atoms with E-state index in [1.165, 1.54) is 24.1 Å². The van der Waals surface area contributed by atoms with Crippen molar-refractivity contribution in [3.8, 4) is 0 Å². The van der Waals surface area contributed by atoms with Crippen LogP contribution in [0.2, 0.25) is 0 Å². The highest BCUT2D eigenvalue weighted by molar-refractivity contribution is 6.03. The Morgan fingerprint density at radius 2 is 1.62 bits per heavy atom. The minimum absolute atomic E-state index is 0.159. The quantitative estimate of drug-likeness (QED) is 0.618. The summed E-state index contributed by atoms with van der Waals surface area (Å²) in [4.78, 5) is 19.2. The highest BCUT2D eigenvalue weighted by Gasteiger charge is 2.13. The molecule has 3 aromatic rings. The number of aromatic nitrogens is 1. The van der Waals surface area contributed by atoms with Crippen molar-refractivity contribution in [1.82, 2.24) is 4.98 Å². The van der Waals surface area contributed by atoms with Gasteiger partial charge in [0.05, 0.1) is 11.9 Å². The molecule has 1 saturated heterocycles. The standard InChI is InChI=1S/C24H26N4O/c1-18(19-7-3-2-4-8-19)26-21-11-14-23(25-17-21)24(29)27-20-9-12-22(13-10-20)28-15-5-6-16-28/h2-4,7-14,17-18,26H,5-6,15-16H2,1H3,(H,27,29). The van der Waals surface area contributed by atoms with Crippen LogP contribution in [0.3, 0.4) is 0 Å². The van der Waals surface area contributed by atoms with E-state index in [9.17, 15) is 4.79 Å². The van der Waals surface area contributed by atoms with Crippen molar-refractivity contribution in [1.29, 1.82) is 0 Å². The fourth-order valence-electron chi connectivity index (χ4n) is 3.61. The predicted octanol–water partition coefficient (Wildman–Crippen LogP) is 5.11. The molecule has 148 valence electrons. The fraction of sp³-hybridized carbons (Fsp3) is 0.250. The van der Waals surface area contributed by atoms with Crippen LogP contribution in [0.4, 0.5) is 17.1 Å². The van der Waals surface area contributed by atoms with Gasteiger partial charge < -0.3 is 15.5 Å². The van der Waals surface area contributed by atoms with E-state index in [0.717, 1.165) is 24.5 Å². The SMILES string of the molecule is CC(Nc1ccc(C(=O)Nc2ccc(N3CCCC3)cc2)nc1)c1ccccc1. The molecule has 2 N–H and O–H groups in total. The maximum Gasteiger partial charge on any atom is 0.274 e. The third-order valence-corrected chi connectivity index (χ3v) is 5.28. The molecular formula is C24H26N4O. The van der Waals surface area contributed by atoms with E-state index in [4.69, 9.17) is 0 Å². The maximum atomic E-state index is 12.5. The number of nitrogens with one attached hydrogen (secondary N) is 2. The van der Waals surface area contributed by atoms with Crippen molar-refractivity contribution >= 4 is 23.0 Å². The van der Waals surface area contributed by atoms with Gasteiger partial charge in [-0.1, -0.05) is 30.3 Å². The number of carbonyl (C=O) groups is 1. The second-order valence-corrected chi connectivity index (χ2v) is 7.40. The Balaban J connectivity index is 1.35. The number of carbonyl (C=O) groups excluding carboxylic acids is 1. The highest BCUT2D eigenvalue weighted by atomic mass is 16.1. The van der Waals surface area contributed by atoms with E-state index in [1.807, 2.05) is 36.4 Å². The van der Waals surface area contributed by atoms with E-state index >= 15 is 0 Å². The molecule has 5 nitrogen and oxygen atoms in total. The van der Waals surface area contributed by atoms with E-state index in [1.54, 1.807) is 12.3 Å². The van der Waals surface area contributed by atoms with E-state index in [0.29, 0.717) is 5.69 Å². The van der Waals surface area contributed by atoms with Gasteiger partial charge in [-0.15, -0.1) is 0 Å². The number of benzene rings is 2. The molecule has 0 spiro atoms. The summed E-state index contributed by atoms with van der Waals surface area (Å²) in [5.74, 6) is -0.207. The minimum Gasteiger partial charge on any atom is -0.377 e. The Labute approximate surface area is 171 Å². The van der Waals surface area contributed by atoms with Crippen LogP contribution >= 0.6 is 0 Å². The zero-order chi connectivity index (χ0) is 20.1. The summed E-state index contributed by atoms with van der Waals surface area (Å²) >= 11 is 0. The Hall–Kier alpha value is -3.34. The molecule has 0 radical (unpaired) electrons. The summed E-state index contributed by atoms with van der Waals surface area (Å²) < 4.78 is 0. The van der Waals surface area contributed by atoms with Crippen molar-refractivity contribution < 1.29 is 4.79 Å². The van der Waals surface area contributed by atoms with Crippen LogP contribution < -0.4 is 15.5 Å². The Morgan fingerprint density at radius 3 is 2.28 bits per heavy atom. The first-order chi connectivity index (χ1) is 14.2. The van der Waals surface area contributed by atoms with Crippen molar-refractivity contribution in [2.45, 2.75) is 25.8 Å². The van der Waals surface area contributed by atoms with Crippen molar-refractivity contribution in [3.05, 3.63) is 84.2 Å². The molecule has 2 heterocycles. The normalized spacial score (nSPS) is 14.4. The van der Waals surface area contributed by atoms with Crippen LogP contribution in [0.25, 0.3) is 0 Å². The summed E-state index contributed by atoms with van der Waals surface area (Å²) in [6, 6.07) is 22.0. The smallest absolute Gasteiger partial charge is 0.274 e. The molecule has 2 aromatic carbocycles. The number of nitrogens with zero attached hydrogens (tertiary/aromatic N) is 2. The molecule has 1 atom stereocenters. The van der Waals surface area contributed by atoms with Gasteiger partial charge in [0.15, 0.2) is 0 Å². The fourth-order valence-corrected chi connectivity index (χ4v) is 3.61. The van der Waals surface area contributed by atoms with Crippen molar-refractivity contribution in [2.24, 2.45) is 0 Å². The molecular weight excluding hydrogens is 360 g/mol. The number of amides is 1. The minimum atomic E-state index is -0.207. The van der Waals surface area contributed by atoms with Gasteiger partial charge in [-0.05, 0) is 61.7 Å². The molecule has 0 bridgehead atoms. The summed E-state index contributed by atoms with van der Waals surface area (Å²) in [6.45, 7) is 4.32. The lowest BCUT2D eigenvalue weighted by molar-refractivity contribution is 0.102. The van der Waals surface area contributed by atoms with Crippen LogP contribution in [0, 0.1) is 0 Å². The van der Waals surface area contributed by atoms with E-state index in [-0.39, 0.29) is 11.9 Å². The summed E-state index contributed by atoms with van der Waals surface area (Å²) in [7, 11) is 0. The number of rotatable bonds is 6. The lowest BCUT2D eigenvalue weighted by atomic mass is 10.1. The number of anilines is 3. The van der Waals surface area contributed by atoms with E-state index < -0.39 is 0 Å². The van der Waals surface area contributed by atoms with Crippen LogP contribution in [0.15, 0.2) is 72.9 Å². The lowest BCUT2D eigenvalue weighted by Crippen LogP contribution is -2.17. The summed E-state index contributed by atoms with van der Waals surface area (Å²) in [5, 5.41) is 6.33. The second-order valence-electron chi connectivity index (χ2n) is 7.40. The van der Waals surface area contributed by atoms with Gasteiger partial charge in [0.1, 0.15) is 5.69 Å². The first-order valence-electron chi connectivity index (χ1n) is 10.1. The van der Waals surface area contributed by atoms with E-state index in [2.05, 4.69) is 51.7 Å². The lowest BCUT2D eigenvalue weighted by Gasteiger charge is -2.17. The molecule has 1 fully saturated rings. The van der Waals surface area contributed by atoms with Gasteiger partial charge in [-0.2, -0.15) is 0 Å². The average molecular weight is 386 g/mol.